The maximum Gasteiger partial charge on any atom is 0.0182 e. The third kappa shape index (κ3) is 2.29. The van der Waals surface area contributed by atoms with Crippen molar-refractivity contribution in [1.82, 2.24) is 5.32 Å². The largest absolute Gasteiger partial charge is 0.310 e. The maximum absolute atomic E-state index is 7.66. The van der Waals surface area contributed by atoms with Gasteiger partial charge in [0.25, 0.3) is 0 Å². The summed E-state index contributed by atoms with van der Waals surface area (Å²) in [5.41, 5.74) is 1.09. The molecule has 0 amide bonds. The average molecular weight is 154 g/mol. The molecule has 1 saturated heterocycles. The summed E-state index contributed by atoms with van der Waals surface area (Å²) in [6.45, 7) is 8.62. The Labute approximate surface area is 68.9 Å². The highest BCUT2D eigenvalue weighted by Gasteiger charge is 2.34. The van der Waals surface area contributed by atoms with Crippen LogP contribution in [-0.4, -0.2) is 16.8 Å². The highest BCUT2D eigenvalue weighted by Crippen LogP contribution is 2.25. The summed E-state index contributed by atoms with van der Waals surface area (Å²) >= 11 is 0. The van der Waals surface area contributed by atoms with Gasteiger partial charge in [-0.15, -0.1) is 0 Å². The molecule has 0 atom stereocenters. The second-order valence-electron chi connectivity index (χ2n) is 4.85. The minimum atomic E-state index is 0.110. The van der Waals surface area contributed by atoms with Gasteiger partial charge >= 0.3 is 0 Å². The third-order valence-electron chi connectivity index (χ3n) is 1.99. The number of rotatable bonds is 0. The van der Waals surface area contributed by atoms with Crippen molar-refractivity contribution in [3.63, 3.8) is 0 Å². The van der Waals surface area contributed by atoms with Crippen molar-refractivity contribution in [3.05, 3.63) is 0 Å². The van der Waals surface area contributed by atoms with E-state index in [0.29, 0.717) is 0 Å². The van der Waals surface area contributed by atoms with Crippen molar-refractivity contribution >= 4 is 5.71 Å². The third-order valence-corrected chi connectivity index (χ3v) is 1.99. The smallest absolute Gasteiger partial charge is 0.0182 e. The first-order valence-electron chi connectivity index (χ1n) is 4.16. The van der Waals surface area contributed by atoms with Gasteiger partial charge in [0, 0.05) is 29.6 Å². The van der Waals surface area contributed by atoms with Gasteiger partial charge in [0.15, 0.2) is 0 Å². The Morgan fingerprint density at radius 3 is 1.73 bits per heavy atom. The second-order valence-corrected chi connectivity index (χ2v) is 4.85. The van der Waals surface area contributed by atoms with Gasteiger partial charge in [-0.25, -0.2) is 0 Å². The molecule has 1 heterocycles. The fourth-order valence-corrected chi connectivity index (χ4v) is 2.13. The van der Waals surface area contributed by atoms with Crippen LogP contribution in [0.25, 0.3) is 0 Å². The quantitative estimate of drug-likeness (QED) is 0.549. The second kappa shape index (κ2) is 2.31. The van der Waals surface area contributed by atoms with E-state index in [0.717, 1.165) is 18.6 Å². The van der Waals surface area contributed by atoms with E-state index in [4.69, 9.17) is 5.41 Å². The van der Waals surface area contributed by atoms with Crippen molar-refractivity contribution in [3.8, 4) is 0 Å². The molecular weight excluding hydrogens is 136 g/mol. The molecule has 0 unspecified atom stereocenters. The number of piperidine rings is 1. The van der Waals surface area contributed by atoms with Crippen molar-refractivity contribution in [2.75, 3.05) is 0 Å². The Kier molecular flexibility index (Phi) is 1.83. The first-order valence-corrected chi connectivity index (χ1v) is 4.16. The normalized spacial score (nSPS) is 28.5. The minimum absolute atomic E-state index is 0.110. The number of nitrogens with one attached hydrogen (secondary N) is 2. The van der Waals surface area contributed by atoms with E-state index in [2.05, 4.69) is 33.0 Å². The van der Waals surface area contributed by atoms with Gasteiger partial charge < -0.3 is 10.7 Å². The van der Waals surface area contributed by atoms with Crippen LogP contribution < -0.4 is 5.32 Å². The summed E-state index contributed by atoms with van der Waals surface area (Å²) in [5, 5.41) is 11.2. The van der Waals surface area contributed by atoms with E-state index in [1.54, 1.807) is 0 Å². The molecule has 0 spiro atoms. The van der Waals surface area contributed by atoms with Crippen LogP contribution in [0.5, 0.6) is 0 Å². The Morgan fingerprint density at radius 2 is 1.45 bits per heavy atom. The van der Waals surface area contributed by atoms with Crippen LogP contribution in [-0.2, 0) is 0 Å². The maximum atomic E-state index is 7.66. The molecule has 0 saturated carbocycles. The van der Waals surface area contributed by atoms with Crippen LogP contribution in [0.15, 0.2) is 0 Å². The minimum Gasteiger partial charge on any atom is -0.310 e. The zero-order chi connectivity index (χ0) is 8.70. The van der Waals surface area contributed by atoms with E-state index in [-0.39, 0.29) is 11.1 Å². The predicted octanol–water partition coefficient (Wildman–Crippen LogP) is 1.95. The molecule has 2 heteroatoms. The zero-order valence-electron chi connectivity index (χ0n) is 7.91. The van der Waals surface area contributed by atoms with Crippen LogP contribution in [0, 0.1) is 5.41 Å². The first-order chi connectivity index (χ1) is 4.81. The van der Waals surface area contributed by atoms with E-state index in [1.807, 2.05) is 0 Å². The monoisotopic (exact) mass is 154 g/mol. The summed E-state index contributed by atoms with van der Waals surface area (Å²) < 4.78 is 0. The molecule has 0 aromatic rings. The fraction of sp³-hybridized carbons (Fsp3) is 0.889. The van der Waals surface area contributed by atoms with Crippen LogP contribution in [0.1, 0.15) is 40.5 Å². The standard InChI is InChI=1S/C9H18N2/c1-8(2)5-7(10)6-9(3,4)11-8/h10-11H,5-6H2,1-4H3. The molecule has 0 aromatic carbocycles. The molecule has 1 rings (SSSR count). The molecule has 1 fully saturated rings. The Morgan fingerprint density at radius 1 is 1.09 bits per heavy atom. The van der Waals surface area contributed by atoms with Gasteiger partial charge in [-0.05, 0) is 27.7 Å². The van der Waals surface area contributed by atoms with E-state index in [9.17, 15) is 0 Å². The lowest BCUT2D eigenvalue weighted by atomic mass is 9.82. The SMILES string of the molecule is CC1(C)CC(=N)CC(C)(C)N1. The van der Waals surface area contributed by atoms with E-state index in [1.165, 1.54) is 0 Å². The average Bonchev–Trinajstić information content (AvgIpc) is 1.49. The van der Waals surface area contributed by atoms with Crippen molar-refractivity contribution < 1.29 is 0 Å². The van der Waals surface area contributed by atoms with Crippen LogP contribution in [0.2, 0.25) is 0 Å². The van der Waals surface area contributed by atoms with Gasteiger partial charge in [-0.1, -0.05) is 0 Å². The summed E-state index contributed by atoms with van der Waals surface area (Å²) in [4.78, 5) is 0. The van der Waals surface area contributed by atoms with Gasteiger partial charge in [0.05, 0.1) is 0 Å². The highest BCUT2D eigenvalue weighted by molar-refractivity contribution is 5.84. The van der Waals surface area contributed by atoms with Gasteiger partial charge in [0.1, 0.15) is 0 Å². The first kappa shape index (κ1) is 8.72. The zero-order valence-corrected chi connectivity index (χ0v) is 7.91. The summed E-state index contributed by atoms with van der Waals surface area (Å²) in [7, 11) is 0. The van der Waals surface area contributed by atoms with Crippen LogP contribution >= 0.6 is 0 Å². The predicted molar refractivity (Wildman–Crippen MR) is 48.3 cm³/mol. The lowest BCUT2D eigenvalue weighted by molar-refractivity contribution is 0.251. The molecule has 2 N–H and O–H groups in total. The summed E-state index contributed by atoms with van der Waals surface area (Å²) in [5.74, 6) is 0. The fourth-order valence-electron chi connectivity index (χ4n) is 2.13. The lowest BCUT2D eigenvalue weighted by Gasteiger charge is -2.42. The van der Waals surface area contributed by atoms with E-state index >= 15 is 0 Å². The molecule has 64 valence electrons. The summed E-state index contributed by atoms with van der Waals surface area (Å²) in [6, 6.07) is 0. The molecular formula is C9H18N2. The molecule has 0 bridgehead atoms. The van der Waals surface area contributed by atoms with Gasteiger partial charge in [0.2, 0.25) is 0 Å². The Hall–Kier alpha value is -0.370. The molecule has 1 aliphatic heterocycles. The number of hydrogen-bond acceptors (Lipinski definition) is 2. The molecule has 11 heavy (non-hydrogen) atoms. The molecule has 0 aromatic heterocycles. The number of hydrogen-bond donors (Lipinski definition) is 2. The Balaban J connectivity index is 2.74. The van der Waals surface area contributed by atoms with E-state index < -0.39 is 0 Å². The topological polar surface area (TPSA) is 35.9 Å². The van der Waals surface area contributed by atoms with Crippen molar-refractivity contribution in [2.24, 2.45) is 0 Å². The summed E-state index contributed by atoms with van der Waals surface area (Å²) in [6.07, 6.45) is 1.77. The van der Waals surface area contributed by atoms with Gasteiger partial charge in [-0.2, -0.15) is 0 Å². The molecule has 2 nitrogen and oxygen atoms in total. The van der Waals surface area contributed by atoms with Crippen molar-refractivity contribution in [2.45, 2.75) is 51.6 Å². The molecule has 0 aliphatic carbocycles. The van der Waals surface area contributed by atoms with Gasteiger partial charge in [-0.3, -0.25) is 0 Å². The Bertz CT molecular complexity index is 162. The lowest BCUT2D eigenvalue weighted by Crippen LogP contribution is -2.57. The molecule has 1 aliphatic rings. The van der Waals surface area contributed by atoms with Crippen LogP contribution in [0.3, 0.4) is 0 Å². The highest BCUT2D eigenvalue weighted by atomic mass is 15.0. The van der Waals surface area contributed by atoms with Crippen LogP contribution in [0.4, 0.5) is 0 Å². The molecule has 0 radical (unpaired) electrons. The van der Waals surface area contributed by atoms with Crippen molar-refractivity contribution in [1.29, 1.82) is 5.41 Å².